The van der Waals surface area contributed by atoms with E-state index in [2.05, 4.69) is 29.8 Å². The Morgan fingerprint density at radius 3 is 2.47 bits per heavy atom. The fraction of sp³-hybridized carbons (Fsp3) is 0.800. The molecule has 0 aromatic heterocycles. The summed E-state index contributed by atoms with van der Waals surface area (Å²) in [5.41, 5.74) is -0.0118. The number of rotatable bonds is 0. The smallest absolute Gasteiger partial charge is 0.169 e. The Balaban J connectivity index is 2.48. The third-order valence-electron chi connectivity index (χ3n) is 5.49. The first-order valence-electron chi connectivity index (χ1n) is 6.78. The summed E-state index contributed by atoms with van der Waals surface area (Å²) in [5.74, 6) is 0.136. The van der Waals surface area contributed by atoms with Gasteiger partial charge >= 0.3 is 0 Å². The number of ketones is 1. The zero-order valence-electron chi connectivity index (χ0n) is 12.0. The van der Waals surface area contributed by atoms with Crippen LogP contribution in [0, 0.1) is 10.8 Å². The topological polar surface area (TPSA) is 37.3 Å². The Bertz CT molecular complexity index is 441. The lowest BCUT2D eigenvalue weighted by molar-refractivity contribution is -0.120. The third-order valence-corrected chi connectivity index (χ3v) is 7.71. The molecule has 4 heteroatoms. The molecule has 0 aromatic carbocycles. The quantitative estimate of drug-likeness (QED) is 0.675. The highest BCUT2D eigenvalue weighted by molar-refractivity contribution is 9.10. The molecule has 2 aliphatic carbocycles. The number of aliphatic hydroxyl groups is 1. The highest BCUT2D eigenvalue weighted by Crippen LogP contribution is 2.61. The third kappa shape index (κ3) is 2.13. The van der Waals surface area contributed by atoms with Gasteiger partial charge in [-0.1, -0.05) is 35.4 Å². The summed E-state index contributed by atoms with van der Waals surface area (Å²) in [6, 6.07) is 0. The molecule has 0 amide bonds. The number of halogens is 2. The van der Waals surface area contributed by atoms with E-state index in [1.165, 1.54) is 0 Å². The van der Waals surface area contributed by atoms with Crippen LogP contribution < -0.4 is 0 Å². The molecular weight excluding hydrogens is 328 g/mol. The van der Waals surface area contributed by atoms with E-state index in [1.807, 2.05) is 13.8 Å². The van der Waals surface area contributed by atoms with Crippen LogP contribution in [0.25, 0.3) is 0 Å². The number of allylic oxidation sites excluding steroid dienone is 2. The van der Waals surface area contributed by atoms with Crippen LogP contribution in [0.5, 0.6) is 0 Å². The molecule has 0 heterocycles. The van der Waals surface area contributed by atoms with Gasteiger partial charge in [0.25, 0.3) is 0 Å². The number of alkyl halides is 2. The fourth-order valence-electron chi connectivity index (χ4n) is 3.73. The predicted molar refractivity (Wildman–Crippen MR) is 81.8 cm³/mol. The van der Waals surface area contributed by atoms with Gasteiger partial charge in [0.15, 0.2) is 5.78 Å². The molecule has 0 radical (unpaired) electrons. The van der Waals surface area contributed by atoms with Gasteiger partial charge in [-0.25, -0.2) is 0 Å². The molecule has 19 heavy (non-hydrogen) atoms. The lowest BCUT2D eigenvalue weighted by Crippen LogP contribution is -2.57. The van der Waals surface area contributed by atoms with Crippen molar-refractivity contribution >= 4 is 33.3 Å². The van der Waals surface area contributed by atoms with Crippen molar-refractivity contribution < 1.29 is 9.90 Å². The monoisotopic (exact) mass is 348 g/mol. The Kier molecular flexibility index (Phi) is 3.74. The Labute approximate surface area is 128 Å². The lowest BCUT2D eigenvalue weighted by atomic mass is 9.50. The zero-order chi connectivity index (χ0) is 14.6. The van der Waals surface area contributed by atoms with E-state index in [1.54, 1.807) is 6.08 Å². The molecule has 1 saturated carbocycles. The standard InChI is InChI=1S/C15H22BrClO2/c1-9-7-10(18)12(16)13(2,3)15(9)6-5-14(4,19)11(17)8-15/h7,11-12,19H,5-6,8H2,1-4H3/t11?,12-,14?,15-/m1/s1. The molecule has 2 nitrogen and oxygen atoms in total. The molecule has 2 rings (SSSR count). The summed E-state index contributed by atoms with van der Waals surface area (Å²) in [4.78, 5) is 11.9. The fourth-order valence-corrected chi connectivity index (χ4v) is 4.67. The minimum atomic E-state index is -0.813. The van der Waals surface area contributed by atoms with Crippen molar-refractivity contribution in [3.05, 3.63) is 11.6 Å². The van der Waals surface area contributed by atoms with E-state index in [4.69, 9.17) is 11.6 Å². The molecule has 2 aliphatic rings. The number of carbonyl (C=O) groups is 1. The van der Waals surface area contributed by atoms with Gasteiger partial charge in [0, 0.05) is 0 Å². The van der Waals surface area contributed by atoms with Crippen molar-refractivity contribution in [2.24, 2.45) is 10.8 Å². The minimum Gasteiger partial charge on any atom is -0.389 e. The summed E-state index contributed by atoms with van der Waals surface area (Å²) in [6.45, 7) is 8.10. The first-order valence-corrected chi connectivity index (χ1v) is 8.13. The van der Waals surface area contributed by atoms with Gasteiger partial charge in [-0.05, 0) is 50.0 Å². The maximum absolute atomic E-state index is 12.0. The molecule has 1 N–H and O–H groups in total. The van der Waals surface area contributed by atoms with Crippen molar-refractivity contribution in [2.45, 2.75) is 62.8 Å². The second-order valence-corrected chi connectivity index (χ2v) is 8.37. The molecule has 0 bridgehead atoms. The Morgan fingerprint density at radius 1 is 1.37 bits per heavy atom. The first-order chi connectivity index (χ1) is 8.54. The van der Waals surface area contributed by atoms with Crippen molar-refractivity contribution in [2.75, 3.05) is 0 Å². The second-order valence-electron chi connectivity index (χ2n) is 6.92. The van der Waals surface area contributed by atoms with Gasteiger partial charge in [0.1, 0.15) is 0 Å². The van der Waals surface area contributed by atoms with E-state index < -0.39 is 5.60 Å². The maximum Gasteiger partial charge on any atom is 0.169 e. The van der Waals surface area contributed by atoms with Crippen LogP contribution in [0.3, 0.4) is 0 Å². The van der Waals surface area contributed by atoms with E-state index in [9.17, 15) is 9.90 Å². The lowest BCUT2D eigenvalue weighted by Gasteiger charge is -2.57. The molecule has 1 spiro atoms. The van der Waals surface area contributed by atoms with E-state index in [0.29, 0.717) is 12.8 Å². The van der Waals surface area contributed by atoms with Crippen LogP contribution in [0.2, 0.25) is 0 Å². The van der Waals surface area contributed by atoms with Crippen molar-refractivity contribution in [3.63, 3.8) is 0 Å². The van der Waals surface area contributed by atoms with Crippen molar-refractivity contribution in [1.29, 1.82) is 0 Å². The van der Waals surface area contributed by atoms with Gasteiger partial charge in [0.05, 0.1) is 15.8 Å². The molecule has 0 aromatic rings. The summed E-state index contributed by atoms with van der Waals surface area (Å²) >= 11 is 9.99. The SMILES string of the molecule is CC1=CC(=O)[C@@H](Br)C(C)(C)[C@@]12CCC(C)(O)C(Cl)C2. The average Bonchev–Trinajstić information content (AvgIpc) is 2.29. The number of hydrogen-bond donors (Lipinski definition) is 1. The average molecular weight is 350 g/mol. The van der Waals surface area contributed by atoms with Crippen molar-refractivity contribution in [1.82, 2.24) is 0 Å². The van der Waals surface area contributed by atoms with Gasteiger partial charge in [-0.15, -0.1) is 11.6 Å². The first kappa shape index (κ1) is 15.5. The normalized spacial score (nSPS) is 46.3. The zero-order valence-corrected chi connectivity index (χ0v) is 14.3. The van der Waals surface area contributed by atoms with E-state index in [0.717, 1.165) is 12.0 Å². The maximum atomic E-state index is 12.0. The summed E-state index contributed by atoms with van der Waals surface area (Å²) in [5, 5.41) is 10.0. The molecule has 0 aliphatic heterocycles. The number of hydrogen-bond acceptors (Lipinski definition) is 2. The predicted octanol–water partition coefficient (Wildman–Crippen LogP) is 3.83. The highest BCUT2D eigenvalue weighted by atomic mass is 79.9. The Morgan fingerprint density at radius 2 is 1.95 bits per heavy atom. The van der Waals surface area contributed by atoms with Crippen molar-refractivity contribution in [3.8, 4) is 0 Å². The van der Waals surface area contributed by atoms with Gasteiger partial charge < -0.3 is 5.11 Å². The molecule has 1 fully saturated rings. The molecule has 4 atom stereocenters. The molecular formula is C15H22BrClO2. The minimum absolute atomic E-state index is 0.107. The highest BCUT2D eigenvalue weighted by Gasteiger charge is 2.58. The van der Waals surface area contributed by atoms with Crippen LogP contribution in [-0.2, 0) is 4.79 Å². The van der Waals surface area contributed by atoms with Crippen LogP contribution in [0.4, 0.5) is 0 Å². The second kappa shape index (κ2) is 4.57. The summed E-state index contributed by atoms with van der Waals surface area (Å²) in [6.07, 6.45) is 4.01. The summed E-state index contributed by atoms with van der Waals surface area (Å²) < 4.78 is 0. The van der Waals surface area contributed by atoms with Crippen LogP contribution in [0.1, 0.15) is 47.0 Å². The number of carbonyl (C=O) groups excluding carboxylic acids is 1. The molecule has 0 saturated heterocycles. The molecule has 108 valence electrons. The van der Waals surface area contributed by atoms with Gasteiger partial charge in [-0.2, -0.15) is 0 Å². The van der Waals surface area contributed by atoms with E-state index in [-0.39, 0.29) is 26.8 Å². The molecule has 2 unspecified atom stereocenters. The van der Waals surface area contributed by atoms with Crippen LogP contribution >= 0.6 is 27.5 Å². The van der Waals surface area contributed by atoms with Crippen LogP contribution in [0.15, 0.2) is 11.6 Å². The van der Waals surface area contributed by atoms with E-state index >= 15 is 0 Å². The van der Waals surface area contributed by atoms with Gasteiger partial charge in [-0.3, -0.25) is 4.79 Å². The van der Waals surface area contributed by atoms with Gasteiger partial charge in [0.2, 0.25) is 0 Å². The largest absolute Gasteiger partial charge is 0.389 e. The summed E-state index contributed by atoms with van der Waals surface area (Å²) in [7, 11) is 0. The Hall–Kier alpha value is 0.140. The van der Waals surface area contributed by atoms with Crippen LogP contribution in [-0.4, -0.2) is 26.7 Å².